The Morgan fingerprint density at radius 1 is 1.25 bits per heavy atom. The normalized spacial score (nSPS) is 13.0. The maximum Gasteiger partial charge on any atom is 0.244 e. The zero-order valence-electron chi connectivity index (χ0n) is 12.7. The van der Waals surface area contributed by atoms with Gasteiger partial charge in [0, 0.05) is 0 Å². The molecule has 0 saturated heterocycles. The first kappa shape index (κ1) is 19.1. The highest BCUT2D eigenvalue weighted by atomic mass is 35.5. The van der Waals surface area contributed by atoms with Gasteiger partial charge < -0.3 is 0 Å². The molecule has 1 unspecified atom stereocenters. The maximum atomic E-state index is 12.6. The molecular formula is C13H14Cl2N4O3S2. The van der Waals surface area contributed by atoms with Crippen LogP contribution in [0.5, 0.6) is 0 Å². The number of carbonyl (C=O) groups is 1. The van der Waals surface area contributed by atoms with Gasteiger partial charge in [-0.15, -0.1) is 10.2 Å². The van der Waals surface area contributed by atoms with Crippen molar-refractivity contribution >= 4 is 55.6 Å². The van der Waals surface area contributed by atoms with Crippen molar-refractivity contribution in [1.29, 1.82) is 0 Å². The van der Waals surface area contributed by atoms with Gasteiger partial charge in [-0.25, -0.2) is 8.42 Å². The van der Waals surface area contributed by atoms with Crippen molar-refractivity contribution in [3.8, 4) is 0 Å². The molecule has 0 spiro atoms. The van der Waals surface area contributed by atoms with Crippen molar-refractivity contribution in [3.05, 3.63) is 33.8 Å². The number of amides is 1. The van der Waals surface area contributed by atoms with Gasteiger partial charge in [-0.05, 0) is 18.1 Å². The summed E-state index contributed by atoms with van der Waals surface area (Å²) >= 11 is 13.0. The quantitative estimate of drug-likeness (QED) is 0.764. The Morgan fingerprint density at radius 3 is 2.38 bits per heavy atom. The second-order valence-corrected chi connectivity index (χ2v) is 8.43. The van der Waals surface area contributed by atoms with Gasteiger partial charge in [-0.1, -0.05) is 54.5 Å². The van der Waals surface area contributed by atoms with Crippen LogP contribution in [-0.4, -0.2) is 30.6 Å². The molecule has 1 heterocycles. The number of hydrogen-bond acceptors (Lipinski definition) is 6. The van der Waals surface area contributed by atoms with E-state index in [0.29, 0.717) is 0 Å². The second-order valence-electron chi connectivity index (χ2n) is 5.13. The fourth-order valence-corrected chi connectivity index (χ4v) is 4.80. The number of sulfonamides is 1. The van der Waals surface area contributed by atoms with Crippen molar-refractivity contribution in [2.24, 2.45) is 5.92 Å². The zero-order valence-corrected chi connectivity index (χ0v) is 15.8. The van der Waals surface area contributed by atoms with E-state index in [2.05, 4.69) is 20.2 Å². The first-order chi connectivity index (χ1) is 11.2. The van der Waals surface area contributed by atoms with E-state index in [9.17, 15) is 13.2 Å². The summed E-state index contributed by atoms with van der Waals surface area (Å²) in [5, 5.41) is 10.0. The molecule has 24 heavy (non-hydrogen) atoms. The van der Waals surface area contributed by atoms with Crippen LogP contribution in [0, 0.1) is 5.92 Å². The summed E-state index contributed by atoms with van der Waals surface area (Å²) in [6.07, 6.45) is 0. The largest absolute Gasteiger partial charge is 0.299 e. The summed E-state index contributed by atoms with van der Waals surface area (Å²) in [7, 11) is -4.10. The molecule has 2 rings (SSSR count). The molecule has 2 N–H and O–H groups in total. The van der Waals surface area contributed by atoms with Crippen molar-refractivity contribution in [2.45, 2.75) is 24.8 Å². The van der Waals surface area contributed by atoms with Crippen LogP contribution in [0.15, 0.2) is 28.6 Å². The predicted octanol–water partition coefficient (Wildman–Crippen LogP) is 2.79. The minimum atomic E-state index is -4.10. The number of nitrogens with one attached hydrogen (secondary N) is 2. The number of carbonyl (C=O) groups excluding carboxylic acids is 1. The standard InChI is InChI=1S/C13H14Cl2N4O3S2/c1-7(2)10(12(20)17-13-18-16-6-23-13)19-24(21,22)11-8(14)4-3-5-9(11)15/h3-7,10,19H,1-2H3,(H,17,18,20). The summed E-state index contributed by atoms with van der Waals surface area (Å²) in [6, 6.07) is 3.32. The second kappa shape index (κ2) is 7.75. The lowest BCUT2D eigenvalue weighted by Gasteiger charge is -2.21. The average molecular weight is 409 g/mol. The Hall–Kier alpha value is -1.26. The number of benzene rings is 1. The third-order valence-electron chi connectivity index (χ3n) is 3.01. The Morgan fingerprint density at radius 2 is 1.88 bits per heavy atom. The molecule has 1 aromatic heterocycles. The minimum Gasteiger partial charge on any atom is -0.299 e. The number of rotatable bonds is 6. The molecule has 130 valence electrons. The highest BCUT2D eigenvalue weighted by Gasteiger charge is 2.31. The van der Waals surface area contributed by atoms with E-state index in [1.54, 1.807) is 13.8 Å². The van der Waals surface area contributed by atoms with Gasteiger partial charge in [0.2, 0.25) is 21.1 Å². The molecule has 0 radical (unpaired) electrons. The third kappa shape index (κ3) is 4.42. The van der Waals surface area contributed by atoms with Crippen molar-refractivity contribution in [3.63, 3.8) is 0 Å². The van der Waals surface area contributed by atoms with Crippen LogP contribution >= 0.6 is 34.5 Å². The number of nitrogens with zero attached hydrogens (tertiary/aromatic N) is 2. The molecule has 11 heteroatoms. The molecule has 0 bridgehead atoms. The number of anilines is 1. The number of hydrogen-bond donors (Lipinski definition) is 2. The first-order valence-electron chi connectivity index (χ1n) is 6.75. The summed E-state index contributed by atoms with van der Waals surface area (Å²) in [4.78, 5) is 12.1. The Labute approximate surface area is 153 Å². The van der Waals surface area contributed by atoms with E-state index < -0.39 is 22.0 Å². The Kier molecular flexibility index (Phi) is 6.16. The maximum absolute atomic E-state index is 12.6. The molecule has 7 nitrogen and oxygen atoms in total. The summed E-state index contributed by atoms with van der Waals surface area (Å²) in [5.41, 5.74) is 1.45. The molecule has 0 saturated carbocycles. The van der Waals surface area contributed by atoms with E-state index in [4.69, 9.17) is 23.2 Å². The Balaban J connectivity index is 2.28. The van der Waals surface area contributed by atoms with Gasteiger partial charge in [-0.2, -0.15) is 4.72 Å². The van der Waals surface area contributed by atoms with Crippen LogP contribution in [0.4, 0.5) is 5.13 Å². The van der Waals surface area contributed by atoms with Crippen LogP contribution in [0.1, 0.15) is 13.8 Å². The summed E-state index contributed by atoms with van der Waals surface area (Å²) in [5.74, 6) is -0.873. The van der Waals surface area contributed by atoms with Gasteiger partial charge in [-0.3, -0.25) is 10.1 Å². The molecule has 1 amide bonds. The van der Waals surface area contributed by atoms with Gasteiger partial charge >= 0.3 is 0 Å². The number of aromatic nitrogens is 2. The van der Waals surface area contributed by atoms with E-state index >= 15 is 0 Å². The zero-order chi connectivity index (χ0) is 17.9. The van der Waals surface area contributed by atoms with Gasteiger partial charge in [0.05, 0.1) is 10.0 Å². The lowest BCUT2D eigenvalue weighted by atomic mass is 10.1. The highest BCUT2D eigenvalue weighted by Crippen LogP contribution is 2.29. The molecule has 1 aromatic carbocycles. The summed E-state index contributed by atoms with van der Waals surface area (Å²) < 4.78 is 27.6. The van der Waals surface area contributed by atoms with Crippen molar-refractivity contribution in [2.75, 3.05) is 5.32 Å². The first-order valence-corrected chi connectivity index (χ1v) is 9.87. The topological polar surface area (TPSA) is 101 Å². The third-order valence-corrected chi connectivity index (χ3v) is 6.01. The smallest absolute Gasteiger partial charge is 0.244 e. The lowest BCUT2D eigenvalue weighted by molar-refractivity contribution is -0.118. The van der Waals surface area contributed by atoms with Crippen LogP contribution in [0.25, 0.3) is 0 Å². The van der Waals surface area contributed by atoms with Crippen molar-refractivity contribution < 1.29 is 13.2 Å². The number of halogens is 2. The SMILES string of the molecule is CC(C)C(NS(=O)(=O)c1c(Cl)cccc1Cl)C(=O)Nc1nncs1. The van der Waals surface area contributed by atoms with E-state index in [1.807, 2.05) is 0 Å². The average Bonchev–Trinajstić information content (AvgIpc) is 2.96. The molecule has 2 aromatic rings. The van der Waals surface area contributed by atoms with E-state index in [-0.39, 0.29) is 26.0 Å². The van der Waals surface area contributed by atoms with Crippen LogP contribution < -0.4 is 10.0 Å². The molecule has 0 aliphatic carbocycles. The van der Waals surface area contributed by atoms with Crippen molar-refractivity contribution in [1.82, 2.24) is 14.9 Å². The lowest BCUT2D eigenvalue weighted by Crippen LogP contribution is -2.47. The molecule has 0 aliphatic rings. The fourth-order valence-electron chi connectivity index (χ4n) is 1.87. The molecule has 1 atom stereocenters. The monoisotopic (exact) mass is 408 g/mol. The molecular weight excluding hydrogens is 395 g/mol. The van der Waals surface area contributed by atoms with Crippen LogP contribution in [0.2, 0.25) is 10.0 Å². The highest BCUT2D eigenvalue weighted by molar-refractivity contribution is 7.89. The Bertz CT molecular complexity index is 805. The van der Waals surface area contributed by atoms with E-state index in [0.717, 1.165) is 11.3 Å². The van der Waals surface area contributed by atoms with Gasteiger partial charge in [0.25, 0.3) is 0 Å². The van der Waals surface area contributed by atoms with Crippen LogP contribution in [0.3, 0.4) is 0 Å². The summed E-state index contributed by atoms with van der Waals surface area (Å²) in [6.45, 7) is 3.42. The van der Waals surface area contributed by atoms with Gasteiger partial charge in [0.15, 0.2) is 0 Å². The van der Waals surface area contributed by atoms with Gasteiger partial charge in [0.1, 0.15) is 16.4 Å². The molecule has 0 fully saturated rings. The minimum absolute atomic E-state index is 0.0259. The van der Waals surface area contributed by atoms with E-state index in [1.165, 1.54) is 23.7 Å². The molecule has 0 aliphatic heterocycles. The predicted molar refractivity (Wildman–Crippen MR) is 93.9 cm³/mol. The van der Waals surface area contributed by atoms with Crippen LogP contribution in [-0.2, 0) is 14.8 Å². The fraction of sp³-hybridized carbons (Fsp3) is 0.308.